The standard InChI is InChI=1S/C20H25FN2O4S/c1-15-9-10-17(13-16(15)2)28(25,26)23(4)14-20(24)22(3)11-12-27-19-8-6-5-7-18(19)21/h5-10,13H,11-12,14H2,1-4H3. The zero-order valence-corrected chi connectivity index (χ0v) is 17.3. The zero-order valence-electron chi connectivity index (χ0n) is 16.5. The number of hydrogen-bond donors (Lipinski definition) is 0. The minimum atomic E-state index is -3.77. The normalized spacial score (nSPS) is 11.5. The van der Waals surface area contributed by atoms with Gasteiger partial charge in [0, 0.05) is 14.1 Å². The molecule has 0 saturated heterocycles. The van der Waals surface area contributed by atoms with Crippen LogP contribution in [-0.2, 0) is 14.8 Å². The third kappa shape index (κ3) is 5.30. The van der Waals surface area contributed by atoms with Crippen molar-refractivity contribution in [2.24, 2.45) is 0 Å². The molecule has 0 heterocycles. The van der Waals surface area contributed by atoms with Gasteiger partial charge in [-0.3, -0.25) is 4.79 Å². The van der Waals surface area contributed by atoms with Gasteiger partial charge in [0.15, 0.2) is 11.6 Å². The fourth-order valence-electron chi connectivity index (χ4n) is 2.43. The minimum absolute atomic E-state index is 0.0940. The number of hydrogen-bond acceptors (Lipinski definition) is 4. The number of likely N-dealkylation sites (N-methyl/N-ethyl adjacent to an activating group) is 2. The maximum Gasteiger partial charge on any atom is 0.243 e. The second-order valence-electron chi connectivity index (χ2n) is 6.60. The van der Waals surface area contributed by atoms with Crippen molar-refractivity contribution in [1.82, 2.24) is 9.21 Å². The highest BCUT2D eigenvalue weighted by atomic mass is 32.2. The monoisotopic (exact) mass is 408 g/mol. The molecular weight excluding hydrogens is 383 g/mol. The molecule has 8 heteroatoms. The first kappa shape index (κ1) is 21.8. The number of nitrogens with zero attached hydrogens (tertiary/aromatic N) is 2. The molecule has 2 aromatic rings. The van der Waals surface area contributed by atoms with Crippen LogP contribution in [0.15, 0.2) is 47.4 Å². The van der Waals surface area contributed by atoms with Crippen LogP contribution in [0.2, 0.25) is 0 Å². The van der Waals surface area contributed by atoms with Gasteiger partial charge in [0.1, 0.15) is 6.61 Å². The lowest BCUT2D eigenvalue weighted by atomic mass is 10.1. The molecule has 0 saturated carbocycles. The molecule has 28 heavy (non-hydrogen) atoms. The van der Waals surface area contributed by atoms with Crippen molar-refractivity contribution in [1.29, 1.82) is 0 Å². The summed E-state index contributed by atoms with van der Waals surface area (Å²) in [6, 6.07) is 10.9. The molecule has 0 aliphatic carbocycles. The Labute approximate surface area is 165 Å². The molecule has 1 amide bonds. The maximum absolute atomic E-state index is 13.5. The van der Waals surface area contributed by atoms with E-state index in [0.29, 0.717) is 0 Å². The van der Waals surface area contributed by atoms with Crippen LogP contribution in [0.25, 0.3) is 0 Å². The van der Waals surface area contributed by atoms with Gasteiger partial charge in [0.05, 0.1) is 18.0 Å². The van der Waals surface area contributed by atoms with E-state index >= 15 is 0 Å². The SMILES string of the molecule is Cc1ccc(S(=O)(=O)N(C)CC(=O)N(C)CCOc2ccccc2F)cc1C. The Morgan fingerprint density at radius 3 is 2.39 bits per heavy atom. The van der Waals surface area contributed by atoms with Crippen LogP contribution in [0.3, 0.4) is 0 Å². The van der Waals surface area contributed by atoms with E-state index in [1.165, 1.54) is 30.1 Å². The first-order chi connectivity index (χ1) is 13.1. The second kappa shape index (κ2) is 9.16. The smallest absolute Gasteiger partial charge is 0.243 e. The molecule has 0 radical (unpaired) electrons. The summed E-state index contributed by atoms with van der Waals surface area (Å²) in [5.74, 6) is -0.750. The molecule has 0 aliphatic heterocycles. The molecule has 0 aromatic heterocycles. The summed E-state index contributed by atoms with van der Waals surface area (Å²) < 4.78 is 45.2. The number of rotatable bonds is 8. The lowest BCUT2D eigenvalue weighted by Gasteiger charge is -2.22. The number of carbonyl (C=O) groups excluding carboxylic acids is 1. The van der Waals surface area contributed by atoms with Gasteiger partial charge in [0.25, 0.3) is 0 Å². The lowest BCUT2D eigenvalue weighted by Crippen LogP contribution is -2.40. The Kier molecular flexibility index (Phi) is 7.15. The molecule has 0 spiro atoms. The molecule has 152 valence electrons. The van der Waals surface area contributed by atoms with E-state index in [0.717, 1.165) is 15.4 Å². The van der Waals surface area contributed by atoms with Crippen molar-refractivity contribution >= 4 is 15.9 Å². The van der Waals surface area contributed by atoms with Crippen LogP contribution in [0.4, 0.5) is 4.39 Å². The van der Waals surface area contributed by atoms with E-state index in [-0.39, 0.29) is 36.2 Å². The average Bonchev–Trinajstić information content (AvgIpc) is 2.65. The highest BCUT2D eigenvalue weighted by molar-refractivity contribution is 7.89. The number of aryl methyl sites for hydroxylation is 2. The van der Waals surface area contributed by atoms with E-state index in [9.17, 15) is 17.6 Å². The van der Waals surface area contributed by atoms with Gasteiger partial charge >= 0.3 is 0 Å². The molecule has 0 aliphatic rings. The maximum atomic E-state index is 13.5. The summed E-state index contributed by atoms with van der Waals surface area (Å²) >= 11 is 0. The molecule has 6 nitrogen and oxygen atoms in total. The van der Waals surface area contributed by atoms with Gasteiger partial charge in [-0.15, -0.1) is 0 Å². The van der Waals surface area contributed by atoms with Crippen LogP contribution >= 0.6 is 0 Å². The zero-order chi connectivity index (χ0) is 20.9. The fraction of sp³-hybridized carbons (Fsp3) is 0.350. The number of ether oxygens (including phenoxy) is 1. The second-order valence-corrected chi connectivity index (χ2v) is 8.65. The summed E-state index contributed by atoms with van der Waals surface area (Å²) in [4.78, 5) is 13.9. The van der Waals surface area contributed by atoms with E-state index in [1.54, 1.807) is 31.3 Å². The Bertz CT molecular complexity index is 947. The largest absolute Gasteiger partial charge is 0.489 e. The molecule has 0 fully saturated rings. The van der Waals surface area contributed by atoms with Crippen LogP contribution in [0.1, 0.15) is 11.1 Å². The predicted octanol–water partition coefficient (Wildman–Crippen LogP) is 2.60. The minimum Gasteiger partial charge on any atom is -0.489 e. The van der Waals surface area contributed by atoms with Gasteiger partial charge in [-0.1, -0.05) is 18.2 Å². The molecular formula is C20H25FN2O4S. The fourth-order valence-corrected chi connectivity index (χ4v) is 3.64. The Balaban J connectivity index is 1.93. The Hall–Kier alpha value is -2.45. The number of amides is 1. The van der Waals surface area contributed by atoms with E-state index in [4.69, 9.17) is 4.74 Å². The summed E-state index contributed by atoms with van der Waals surface area (Å²) in [7, 11) is -0.859. The van der Waals surface area contributed by atoms with Gasteiger partial charge in [-0.05, 0) is 49.2 Å². The van der Waals surface area contributed by atoms with Gasteiger partial charge in [-0.25, -0.2) is 12.8 Å². The van der Waals surface area contributed by atoms with Gasteiger partial charge in [-0.2, -0.15) is 4.31 Å². The summed E-state index contributed by atoms with van der Waals surface area (Å²) in [6.45, 7) is 3.73. The molecule has 0 bridgehead atoms. The number of sulfonamides is 1. The predicted molar refractivity (Wildman–Crippen MR) is 105 cm³/mol. The van der Waals surface area contributed by atoms with Crippen molar-refractivity contribution < 1.29 is 22.3 Å². The van der Waals surface area contributed by atoms with E-state index in [2.05, 4.69) is 0 Å². The molecule has 0 unspecified atom stereocenters. The van der Waals surface area contributed by atoms with Crippen molar-refractivity contribution in [2.45, 2.75) is 18.7 Å². The highest BCUT2D eigenvalue weighted by Gasteiger charge is 2.24. The van der Waals surface area contributed by atoms with Gasteiger partial charge in [0.2, 0.25) is 15.9 Å². The first-order valence-electron chi connectivity index (χ1n) is 8.78. The number of halogens is 1. The van der Waals surface area contributed by atoms with Crippen LogP contribution in [0.5, 0.6) is 5.75 Å². The van der Waals surface area contributed by atoms with Crippen LogP contribution in [0, 0.1) is 19.7 Å². The highest BCUT2D eigenvalue weighted by Crippen LogP contribution is 2.18. The van der Waals surface area contributed by atoms with Crippen molar-refractivity contribution in [3.63, 3.8) is 0 Å². The number of benzene rings is 2. The van der Waals surface area contributed by atoms with Crippen LogP contribution < -0.4 is 4.74 Å². The Morgan fingerprint density at radius 2 is 1.75 bits per heavy atom. The average molecular weight is 408 g/mol. The van der Waals surface area contributed by atoms with E-state index in [1.807, 2.05) is 13.8 Å². The topological polar surface area (TPSA) is 66.9 Å². The summed E-state index contributed by atoms with van der Waals surface area (Å²) in [6.07, 6.45) is 0. The summed E-state index contributed by atoms with van der Waals surface area (Å²) in [5.41, 5.74) is 1.86. The van der Waals surface area contributed by atoms with Crippen molar-refractivity contribution in [2.75, 3.05) is 33.8 Å². The van der Waals surface area contributed by atoms with Gasteiger partial charge < -0.3 is 9.64 Å². The third-order valence-corrected chi connectivity index (χ3v) is 6.29. The molecule has 0 atom stereocenters. The third-order valence-electron chi connectivity index (χ3n) is 4.49. The summed E-state index contributed by atoms with van der Waals surface area (Å²) in [5, 5.41) is 0. The first-order valence-corrected chi connectivity index (χ1v) is 10.2. The number of para-hydroxylation sites is 1. The quantitative estimate of drug-likeness (QED) is 0.673. The number of carbonyl (C=O) groups is 1. The molecule has 0 N–H and O–H groups in total. The van der Waals surface area contributed by atoms with Crippen molar-refractivity contribution in [3.05, 3.63) is 59.4 Å². The Morgan fingerprint density at radius 1 is 1.07 bits per heavy atom. The van der Waals surface area contributed by atoms with Crippen molar-refractivity contribution in [3.8, 4) is 5.75 Å². The van der Waals surface area contributed by atoms with Crippen LogP contribution in [-0.4, -0.2) is 57.3 Å². The molecule has 2 rings (SSSR count). The lowest BCUT2D eigenvalue weighted by molar-refractivity contribution is -0.130. The van der Waals surface area contributed by atoms with E-state index < -0.39 is 15.8 Å². The molecule has 2 aromatic carbocycles.